The minimum atomic E-state index is -0.271. The molecule has 0 atom stereocenters. The third kappa shape index (κ3) is 2.51. The van der Waals surface area contributed by atoms with Crippen LogP contribution in [0.3, 0.4) is 0 Å². The molecule has 2 rings (SSSR count). The molecule has 0 aliphatic carbocycles. The molecule has 2 nitrogen and oxygen atoms in total. The van der Waals surface area contributed by atoms with Crippen LogP contribution in [-0.4, -0.2) is 0 Å². The van der Waals surface area contributed by atoms with E-state index in [0.717, 1.165) is 10.9 Å². The van der Waals surface area contributed by atoms with Gasteiger partial charge in [0, 0.05) is 11.5 Å². The molecule has 2 heteroatoms. The molecule has 1 aromatic carbocycles. The summed E-state index contributed by atoms with van der Waals surface area (Å²) >= 11 is 0. The first-order valence-corrected chi connectivity index (χ1v) is 5.71. The fourth-order valence-corrected chi connectivity index (χ4v) is 1.61. The summed E-state index contributed by atoms with van der Waals surface area (Å²) in [5.41, 5.74) is 1.45. The predicted molar refractivity (Wildman–Crippen MR) is 67.9 cm³/mol. The Morgan fingerprint density at radius 3 is 2.38 bits per heavy atom. The predicted octanol–water partition coefficient (Wildman–Crippen LogP) is 3.94. The highest BCUT2D eigenvalue weighted by atomic mass is 16.4. The Hall–Kier alpha value is -1.57. The molecular formula is C14H18O2. The van der Waals surface area contributed by atoms with Gasteiger partial charge in [-0.3, -0.25) is 0 Å². The van der Waals surface area contributed by atoms with E-state index >= 15 is 0 Å². The SMILES string of the molecule is CC.CC(C)c1cc(=O)oc2ccccc12. The summed E-state index contributed by atoms with van der Waals surface area (Å²) in [4.78, 5) is 11.2. The molecule has 86 valence electrons. The summed E-state index contributed by atoms with van der Waals surface area (Å²) in [6.45, 7) is 8.14. The van der Waals surface area contributed by atoms with Gasteiger partial charge in [0.25, 0.3) is 0 Å². The number of fused-ring (bicyclic) bond motifs is 1. The molecular weight excluding hydrogens is 200 g/mol. The molecule has 1 aromatic heterocycles. The molecule has 0 saturated heterocycles. The maximum atomic E-state index is 11.2. The smallest absolute Gasteiger partial charge is 0.336 e. The van der Waals surface area contributed by atoms with Crippen LogP contribution in [-0.2, 0) is 0 Å². The van der Waals surface area contributed by atoms with Crippen LogP contribution in [0.15, 0.2) is 39.5 Å². The lowest BCUT2D eigenvalue weighted by atomic mass is 10.00. The molecule has 0 saturated carbocycles. The van der Waals surface area contributed by atoms with Crippen LogP contribution in [0.1, 0.15) is 39.2 Å². The largest absolute Gasteiger partial charge is 0.423 e. The van der Waals surface area contributed by atoms with Crippen LogP contribution < -0.4 is 5.63 Å². The van der Waals surface area contributed by atoms with Crippen molar-refractivity contribution in [3.05, 3.63) is 46.3 Å². The van der Waals surface area contributed by atoms with E-state index in [1.165, 1.54) is 0 Å². The number of benzene rings is 1. The monoisotopic (exact) mass is 218 g/mol. The lowest BCUT2D eigenvalue weighted by molar-refractivity contribution is 0.557. The zero-order chi connectivity index (χ0) is 12.1. The van der Waals surface area contributed by atoms with Crippen LogP contribution in [0.25, 0.3) is 11.0 Å². The van der Waals surface area contributed by atoms with Gasteiger partial charge < -0.3 is 4.42 Å². The topological polar surface area (TPSA) is 30.2 Å². The fourth-order valence-electron chi connectivity index (χ4n) is 1.61. The van der Waals surface area contributed by atoms with Gasteiger partial charge in [0.1, 0.15) is 5.58 Å². The maximum Gasteiger partial charge on any atom is 0.336 e. The van der Waals surface area contributed by atoms with E-state index in [2.05, 4.69) is 13.8 Å². The second kappa shape index (κ2) is 5.50. The molecule has 0 spiro atoms. The Morgan fingerprint density at radius 1 is 1.12 bits per heavy atom. The van der Waals surface area contributed by atoms with Crippen molar-refractivity contribution in [1.82, 2.24) is 0 Å². The third-order valence-corrected chi connectivity index (χ3v) is 2.30. The van der Waals surface area contributed by atoms with Crippen molar-refractivity contribution in [2.45, 2.75) is 33.6 Å². The fraction of sp³-hybridized carbons (Fsp3) is 0.357. The van der Waals surface area contributed by atoms with Gasteiger partial charge in [0.05, 0.1) is 0 Å². The quantitative estimate of drug-likeness (QED) is 0.678. The Morgan fingerprint density at radius 2 is 1.75 bits per heavy atom. The Labute approximate surface area is 95.9 Å². The first-order chi connectivity index (χ1) is 7.68. The van der Waals surface area contributed by atoms with Crippen molar-refractivity contribution < 1.29 is 4.42 Å². The zero-order valence-corrected chi connectivity index (χ0v) is 10.3. The van der Waals surface area contributed by atoms with E-state index in [1.807, 2.05) is 38.1 Å². The van der Waals surface area contributed by atoms with Crippen molar-refractivity contribution in [3.8, 4) is 0 Å². The van der Waals surface area contributed by atoms with Crippen molar-refractivity contribution >= 4 is 11.0 Å². The zero-order valence-electron chi connectivity index (χ0n) is 10.3. The second-order valence-electron chi connectivity index (χ2n) is 3.67. The van der Waals surface area contributed by atoms with Crippen LogP contribution in [0.4, 0.5) is 0 Å². The summed E-state index contributed by atoms with van der Waals surface area (Å²) in [6.07, 6.45) is 0. The van der Waals surface area contributed by atoms with Crippen LogP contribution >= 0.6 is 0 Å². The van der Waals surface area contributed by atoms with Crippen LogP contribution in [0, 0.1) is 0 Å². The number of para-hydroxylation sites is 1. The van der Waals surface area contributed by atoms with Gasteiger partial charge in [-0.25, -0.2) is 4.79 Å². The lowest BCUT2D eigenvalue weighted by Crippen LogP contribution is -2.01. The number of hydrogen-bond donors (Lipinski definition) is 0. The van der Waals surface area contributed by atoms with Gasteiger partial charge in [-0.05, 0) is 17.5 Å². The molecule has 0 fully saturated rings. The van der Waals surface area contributed by atoms with E-state index in [1.54, 1.807) is 6.07 Å². The minimum absolute atomic E-state index is 0.271. The van der Waals surface area contributed by atoms with Crippen molar-refractivity contribution in [2.75, 3.05) is 0 Å². The van der Waals surface area contributed by atoms with E-state index in [9.17, 15) is 4.79 Å². The summed E-state index contributed by atoms with van der Waals surface area (Å²) in [7, 11) is 0. The van der Waals surface area contributed by atoms with Crippen LogP contribution in [0.2, 0.25) is 0 Å². The van der Waals surface area contributed by atoms with Gasteiger partial charge in [0.2, 0.25) is 0 Å². The van der Waals surface area contributed by atoms with E-state index in [0.29, 0.717) is 11.5 Å². The van der Waals surface area contributed by atoms with Crippen molar-refractivity contribution in [1.29, 1.82) is 0 Å². The summed E-state index contributed by atoms with van der Waals surface area (Å²) in [6, 6.07) is 9.20. The number of hydrogen-bond acceptors (Lipinski definition) is 2. The lowest BCUT2D eigenvalue weighted by Gasteiger charge is -2.07. The minimum Gasteiger partial charge on any atom is -0.423 e. The van der Waals surface area contributed by atoms with Crippen LogP contribution in [0.5, 0.6) is 0 Å². The highest BCUT2D eigenvalue weighted by Crippen LogP contribution is 2.22. The molecule has 2 aromatic rings. The molecule has 0 aliphatic heterocycles. The Bertz CT molecular complexity index is 509. The normalized spacial score (nSPS) is 10.1. The Kier molecular flexibility index (Phi) is 4.29. The molecule has 0 unspecified atom stereocenters. The Balaban J connectivity index is 0.000000606. The molecule has 0 bridgehead atoms. The van der Waals surface area contributed by atoms with Crippen molar-refractivity contribution in [3.63, 3.8) is 0 Å². The average molecular weight is 218 g/mol. The van der Waals surface area contributed by atoms with Gasteiger partial charge in [-0.15, -0.1) is 0 Å². The maximum absolute atomic E-state index is 11.2. The standard InChI is InChI=1S/C12H12O2.C2H6/c1-8(2)10-7-12(13)14-11-6-4-3-5-9(10)11;1-2/h3-8H,1-2H3;1-2H3. The van der Waals surface area contributed by atoms with Gasteiger partial charge in [0.15, 0.2) is 0 Å². The molecule has 0 N–H and O–H groups in total. The first kappa shape index (κ1) is 12.5. The molecule has 0 radical (unpaired) electrons. The van der Waals surface area contributed by atoms with Gasteiger partial charge in [-0.1, -0.05) is 45.9 Å². The highest BCUT2D eigenvalue weighted by Gasteiger charge is 2.07. The van der Waals surface area contributed by atoms with E-state index < -0.39 is 0 Å². The van der Waals surface area contributed by atoms with E-state index in [-0.39, 0.29) is 5.63 Å². The van der Waals surface area contributed by atoms with E-state index in [4.69, 9.17) is 4.42 Å². The summed E-state index contributed by atoms with van der Waals surface area (Å²) < 4.78 is 5.10. The first-order valence-electron chi connectivity index (χ1n) is 5.71. The van der Waals surface area contributed by atoms with Gasteiger partial charge in [-0.2, -0.15) is 0 Å². The third-order valence-electron chi connectivity index (χ3n) is 2.30. The summed E-state index contributed by atoms with van der Waals surface area (Å²) in [5.74, 6) is 0.337. The molecule has 0 aliphatic rings. The molecule has 16 heavy (non-hydrogen) atoms. The van der Waals surface area contributed by atoms with Crippen molar-refractivity contribution in [2.24, 2.45) is 0 Å². The summed E-state index contributed by atoms with van der Waals surface area (Å²) in [5, 5.41) is 1.03. The molecule has 1 heterocycles. The average Bonchev–Trinajstić information content (AvgIpc) is 2.30. The number of rotatable bonds is 1. The highest BCUT2D eigenvalue weighted by molar-refractivity contribution is 5.80. The van der Waals surface area contributed by atoms with Gasteiger partial charge >= 0.3 is 5.63 Å². The molecule has 0 amide bonds. The second-order valence-corrected chi connectivity index (χ2v) is 3.67.